The summed E-state index contributed by atoms with van der Waals surface area (Å²) < 4.78 is 2.33. The average Bonchev–Trinajstić information content (AvgIpc) is 3.48. The first-order chi connectivity index (χ1) is 23.3. The number of rotatable bonds is 4. The van der Waals surface area contributed by atoms with Crippen molar-refractivity contribution in [3.8, 4) is 45.1 Å². The van der Waals surface area contributed by atoms with Crippen LogP contribution in [0.25, 0.3) is 82.4 Å². The topological polar surface area (TPSA) is 28.7 Å². The molecule has 0 saturated carbocycles. The van der Waals surface area contributed by atoms with E-state index in [1.165, 1.54) is 43.4 Å². The van der Waals surface area contributed by atoms with Crippen LogP contribution in [0, 0.1) is 11.3 Å². The van der Waals surface area contributed by atoms with Gasteiger partial charge < -0.3 is 4.57 Å². The van der Waals surface area contributed by atoms with Crippen molar-refractivity contribution in [2.75, 3.05) is 0 Å². The Labute approximate surface area is 273 Å². The van der Waals surface area contributed by atoms with Gasteiger partial charge in [0.05, 0.1) is 28.4 Å². The first-order valence-corrected chi connectivity index (χ1v) is 15.9. The van der Waals surface area contributed by atoms with Crippen LogP contribution in [0.15, 0.2) is 170 Å². The van der Waals surface area contributed by atoms with E-state index in [4.69, 9.17) is 0 Å². The van der Waals surface area contributed by atoms with E-state index in [1.807, 2.05) is 0 Å². The predicted molar refractivity (Wildman–Crippen MR) is 197 cm³/mol. The molecule has 0 bridgehead atoms. The standard InChI is InChI=1S/C45H28N2/c46-29-32-28-31(45-39-21-6-4-19-37(39)44(30-14-2-1-3-15-30)38-20-5-7-22-40(38)45)26-27-33(32)34-16-8-11-23-41(34)47-42-24-12-9-17-35(42)36-18-10-13-25-43(36)47/h1-28H. The maximum Gasteiger partial charge on any atom is 0.0998 e. The van der Waals surface area contributed by atoms with E-state index in [9.17, 15) is 5.26 Å². The molecule has 0 saturated heterocycles. The highest BCUT2D eigenvalue weighted by Crippen LogP contribution is 2.45. The molecule has 0 amide bonds. The molecule has 0 spiro atoms. The molecule has 0 atom stereocenters. The van der Waals surface area contributed by atoms with Gasteiger partial charge in [-0.2, -0.15) is 5.26 Å². The first-order valence-electron chi connectivity index (χ1n) is 15.9. The van der Waals surface area contributed by atoms with Crippen LogP contribution in [-0.4, -0.2) is 4.57 Å². The Morgan fingerprint density at radius 3 is 1.43 bits per heavy atom. The van der Waals surface area contributed by atoms with Crippen molar-refractivity contribution in [3.63, 3.8) is 0 Å². The van der Waals surface area contributed by atoms with Crippen molar-refractivity contribution in [1.29, 1.82) is 5.26 Å². The largest absolute Gasteiger partial charge is 0.309 e. The van der Waals surface area contributed by atoms with Crippen LogP contribution in [-0.2, 0) is 0 Å². The quantitative estimate of drug-likeness (QED) is 0.186. The Kier molecular flexibility index (Phi) is 6.23. The minimum Gasteiger partial charge on any atom is -0.309 e. The molecule has 0 aliphatic carbocycles. The summed E-state index contributed by atoms with van der Waals surface area (Å²) >= 11 is 0. The second-order valence-corrected chi connectivity index (χ2v) is 12.0. The van der Waals surface area contributed by atoms with Crippen molar-refractivity contribution >= 4 is 43.4 Å². The van der Waals surface area contributed by atoms with Crippen molar-refractivity contribution in [3.05, 3.63) is 175 Å². The number of para-hydroxylation sites is 3. The number of nitrogens with zero attached hydrogens (tertiary/aromatic N) is 2. The highest BCUT2D eigenvalue weighted by atomic mass is 15.0. The lowest BCUT2D eigenvalue weighted by molar-refractivity contribution is 1.18. The van der Waals surface area contributed by atoms with E-state index < -0.39 is 0 Å². The molecule has 8 aromatic carbocycles. The van der Waals surface area contributed by atoms with Gasteiger partial charge in [-0.05, 0) is 68.1 Å². The SMILES string of the molecule is N#Cc1cc(-c2c3ccccc3c(-c3ccccc3)c3ccccc23)ccc1-c1ccccc1-n1c2ccccc2c2ccccc21. The normalized spacial score (nSPS) is 11.4. The number of aromatic nitrogens is 1. The van der Waals surface area contributed by atoms with Crippen LogP contribution in [0.1, 0.15) is 5.56 Å². The molecule has 9 aromatic rings. The van der Waals surface area contributed by atoms with Crippen LogP contribution >= 0.6 is 0 Å². The number of nitriles is 1. The second kappa shape index (κ2) is 10.9. The molecule has 0 fully saturated rings. The second-order valence-electron chi connectivity index (χ2n) is 12.0. The summed E-state index contributed by atoms with van der Waals surface area (Å²) in [6.45, 7) is 0. The molecule has 0 aliphatic rings. The first kappa shape index (κ1) is 26.9. The van der Waals surface area contributed by atoms with Crippen LogP contribution in [0.4, 0.5) is 0 Å². The molecule has 47 heavy (non-hydrogen) atoms. The fourth-order valence-electron chi connectivity index (χ4n) is 7.46. The summed E-state index contributed by atoms with van der Waals surface area (Å²) in [4.78, 5) is 0. The average molecular weight is 597 g/mol. The van der Waals surface area contributed by atoms with Crippen LogP contribution in [0.2, 0.25) is 0 Å². The van der Waals surface area contributed by atoms with Gasteiger partial charge in [0.25, 0.3) is 0 Å². The molecule has 2 nitrogen and oxygen atoms in total. The number of fused-ring (bicyclic) bond motifs is 5. The van der Waals surface area contributed by atoms with E-state index in [0.717, 1.165) is 39.0 Å². The van der Waals surface area contributed by atoms with Gasteiger partial charge in [0.15, 0.2) is 0 Å². The zero-order valence-electron chi connectivity index (χ0n) is 25.6. The molecule has 0 aliphatic heterocycles. The number of hydrogen-bond acceptors (Lipinski definition) is 1. The molecule has 1 aromatic heterocycles. The van der Waals surface area contributed by atoms with Crippen molar-refractivity contribution in [2.45, 2.75) is 0 Å². The fourth-order valence-corrected chi connectivity index (χ4v) is 7.46. The zero-order chi connectivity index (χ0) is 31.3. The lowest BCUT2D eigenvalue weighted by atomic mass is 9.85. The molecular formula is C45H28N2. The molecule has 1 heterocycles. The van der Waals surface area contributed by atoms with E-state index in [-0.39, 0.29) is 0 Å². The third-order valence-corrected chi connectivity index (χ3v) is 9.44. The summed E-state index contributed by atoms with van der Waals surface area (Å²) in [5.74, 6) is 0. The van der Waals surface area contributed by atoms with Gasteiger partial charge in [-0.3, -0.25) is 0 Å². The van der Waals surface area contributed by atoms with Gasteiger partial charge in [-0.1, -0.05) is 146 Å². The molecule has 9 rings (SSSR count). The highest BCUT2D eigenvalue weighted by molar-refractivity contribution is 6.21. The molecule has 2 heteroatoms. The van der Waals surface area contributed by atoms with E-state index >= 15 is 0 Å². The maximum atomic E-state index is 10.7. The lowest BCUT2D eigenvalue weighted by Gasteiger charge is -2.19. The lowest BCUT2D eigenvalue weighted by Crippen LogP contribution is -1.98. The van der Waals surface area contributed by atoms with Crippen LogP contribution in [0.5, 0.6) is 0 Å². The molecule has 218 valence electrons. The van der Waals surface area contributed by atoms with E-state index in [0.29, 0.717) is 5.56 Å². The Balaban J connectivity index is 1.29. The van der Waals surface area contributed by atoms with Crippen molar-refractivity contribution in [1.82, 2.24) is 4.57 Å². The smallest absolute Gasteiger partial charge is 0.0998 e. The Morgan fingerprint density at radius 2 is 0.851 bits per heavy atom. The van der Waals surface area contributed by atoms with Crippen LogP contribution in [0.3, 0.4) is 0 Å². The minimum atomic E-state index is 0.649. The summed E-state index contributed by atoms with van der Waals surface area (Å²) in [6.07, 6.45) is 0. The third-order valence-electron chi connectivity index (χ3n) is 9.44. The number of hydrogen-bond donors (Lipinski definition) is 0. The Bertz CT molecular complexity index is 2580. The maximum absolute atomic E-state index is 10.7. The van der Waals surface area contributed by atoms with Gasteiger partial charge in [-0.25, -0.2) is 0 Å². The monoisotopic (exact) mass is 596 g/mol. The molecule has 0 radical (unpaired) electrons. The van der Waals surface area contributed by atoms with Gasteiger partial charge in [0, 0.05) is 21.9 Å². The van der Waals surface area contributed by atoms with E-state index in [1.54, 1.807) is 0 Å². The fraction of sp³-hybridized carbons (Fsp3) is 0. The van der Waals surface area contributed by atoms with Crippen molar-refractivity contribution < 1.29 is 0 Å². The summed E-state index contributed by atoms with van der Waals surface area (Å²) in [6, 6.07) is 62.4. The summed E-state index contributed by atoms with van der Waals surface area (Å²) in [7, 11) is 0. The highest BCUT2D eigenvalue weighted by Gasteiger charge is 2.20. The van der Waals surface area contributed by atoms with E-state index in [2.05, 4.69) is 180 Å². The van der Waals surface area contributed by atoms with Gasteiger partial charge in [-0.15, -0.1) is 0 Å². The Hall–Kier alpha value is -6.43. The molecule has 0 unspecified atom stereocenters. The minimum absolute atomic E-state index is 0.649. The molecule has 0 N–H and O–H groups in total. The van der Waals surface area contributed by atoms with Crippen LogP contribution < -0.4 is 0 Å². The summed E-state index contributed by atoms with van der Waals surface area (Å²) in [5.41, 5.74) is 10.5. The summed E-state index contributed by atoms with van der Waals surface area (Å²) in [5, 5.41) is 17.9. The predicted octanol–water partition coefficient (Wildman–Crippen LogP) is 12.0. The van der Waals surface area contributed by atoms with Gasteiger partial charge >= 0.3 is 0 Å². The van der Waals surface area contributed by atoms with Crippen molar-refractivity contribution in [2.24, 2.45) is 0 Å². The Morgan fingerprint density at radius 1 is 0.383 bits per heavy atom. The van der Waals surface area contributed by atoms with Gasteiger partial charge in [0.2, 0.25) is 0 Å². The molecular weight excluding hydrogens is 569 g/mol. The number of benzene rings is 8. The third kappa shape index (κ3) is 4.18. The van der Waals surface area contributed by atoms with Gasteiger partial charge in [0.1, 0.15) is 0 Å². The zero-order valence-corrected chi connectivity index (χ0v) is 25.6.